The summed E-state index contributed by atoms with van der Waals surface area (Å²) in [6.45, 7) is 1.98. The van der Waals surface area contributed by atoms with E-state index in [4.69, 9.17) is 5.11 Å². The third-order valence-electron chi connectivity index (χ3n) is 3.43. The molecule has 0 aliphatic heterocycles. The van der Waals surface area contributed by atoms with E-state index in [1.54, 1.807) is 6.07 Å². The molecule has 1 aliphatic carbocycles. The Morgan fingerprint density at radius 1 is 1.50 bits per heavy atom. The van der Waals surface area contributed by atoms with Crippen molar-refractivity contribution in [2.24, 2.45) is 11.8 Å². The molecule has 0 radical (unpaired) electrons. The molecule has 0 bridgehead atoms. The molecule has 2 atom stereocenters. The van der Waals surface area contributed by atoms with E-state index in [1.807, 2.05) is 6.92 Å². The minimum atomic E-state index is -0.885. The summed E-state index contributed by atoms with van der Waals surface area (Å²) in [6, 6.07) is 1.77. The van der Waals surface area contributed by atoms with Crippen molar-refractivity contribution in [3.05, 3.63) is 11.8 Å². The van der Waals surface area contributed by atoms with E-state index in [0.717, 1.165) is 18.5 Å². The van der Waals surface area contributed by atoms with Gasteiger partial charge in [-0.25, -0.2) is 0 Å². The molecule has 0 saturated heterocycles. The Morgan fingerprint density at radius 3 is 2.83 bits per heavy atom. The molecular formula is C12H17N3O3. The van der Waals surface area contributed by atoms with Gasteiger partial charge >= 0.3 is 5.97 Å². The van der Waals surface area contributed by atoms with Crippen LogP contribution in [0.2, 0.25) is 0 Å². The number of carboxylic acid groups (broad SMARTS) is 1. The molecule has 98 valence electrons. The SMILES string of the molecule is CCc1cc(NC(=O)C2CCCC2C(=O)O)n[nH]1. The summed E-state index contributed by atoms with van der Waals surface area (Å²) in [6.07, 6.45) is 2.81. The second kappa shape index (κ2) is 5.20. The summed E-state index contributed by atoms with van der Waals surface area (Å²) in [7, 11) is 0. The van der Waals surface area contributed by atoms with Gasteiger partial charge in [0, 0.05) is 11.8 Å². The first-order valence-electron chi connectivity index (χ1n) is 6.19. The molecule has 2 unspecified atom stereocenters. The number of carbonyl (C=O) groups is 2. The van der Waals surface area contributed by atoms with Crippen LogP contribution in [-0.2, 0) is 16.0 Å². The Balaban J connectivity index is 2.01. The molecule has 2 rings (SSSR count). The number of aromatic amines is 1. The van der Waals surface area contributed by atoms with Crippen molar-refractivity contribution in [3.8, 4) is 0 Å². The first-order valence-corrected chi connectivity index (χ1v) is 6.19. The number of H-pyrrole nitrogens is 1. The zero-order valence-corrected chi connectivity index (χ0v) is 10.3. The van der Waals surface area contributed by atoms with Gasteiger partial charge in [0.15, 0.2) is 5.82 Å². The third kappa shape index (κ3) is 2.52. The molecular weight excluding hydrogens is 234 g/mol. The van der Waals surface area contributed by atoms with Gasteiger partial charge in [-0.15, -0.1) is 0 Å². The first-order chi connectivity index (χ1) is 8.61. The van der Waals surface area contributed by atoms with Gasteiger partial charge in [-0.2, -0.15) is 5.10 Å². The van der Waals surface area contributed by atoms with Crippen LogP contribution in [0.3, 0.4) is 0 Å². The number of hydrogen-bond donors (Lipinski definition) is 3. The van der Waals surface area contributed by atoms with Crippen LogP contribution in [0, 0.1) is 11.8 Å². The molecule has 1 heterocycles. The summed E-state index contributed by atoms with van der Waals surface area (Å²) in [5, 5.41) is 18.5. The number of aliphatic carboxylic acids is 1. The average molecular weight is 251 g/mol. The Labute approximate surface area is 105 Å². The normalized spacial score (nSPS) is 22.9. The largest absolute Gasteiger partial charge is 0.481 e. The fourth-order valence-corrected chi connectivity index (χ4v) is 2.40. The lowest BCUT2D eigenvalue weighted by atomic mass is 9.95. The number of carboxylic acids is 1. The minimum absolute atomic E-state index is 0.242. The highest BCUT2D eigenvalue weighted by molar-refractivity contribution is 5.94. The van der Waals surface area contributed by atoms with Crippen molar-refractivity contribution in [1.29, 1.82) is 0 Å². The van der Waals surface area contributed by atoms with E-state index < -0.39 is 17.8 Å². The van der Waals surface area contributed by atoms with Gasteiger partial charge in [-0.1, -0.05) is 13.3 Å². The van der Waals surface area contributed by atoms with Crippen LogP contribution in [0.5, 0.6) is 0 Å². The maximum absolute atomic E-state index is 12.0. The highest BCUT2D eigenvalue weighted by atomic mass is 16.4. The second-order valence-electron chi connectivity index (χ2n) is 4.60. The maximum Gasteiger partial charge on any atom is 0.307 e. The smallest absolute Gasteiger partial charge is 0.307 e. The second-order valence-corrected chi connectivity index (χ2v) is 4.60. The predicted octanol–water partition coefficient (Wildman–Crippen LogP) is 1.41. The third-order valence-corrected chi connectivity index (χ3v) is 3.43. The monoisotopic (exact) mass is 251 g/mol. The van der Waals surface area contributed by atoms with E-state index in [2.05, 4.69) is 15.5 Å². The summed E-state index contributed by atoms with van der Waals surface area (Å²) >= 11 is 0. The number of anilines is 1. The van der Waals surface area contributed by atoms with Crippen LogP contribution in [0.4, 0.5) is 5.82 Å². The molecule has 18 heavy (non-hydrogen) atoms. The molecule has 0 spiro atoms. The van der Waals surface area contributed by atoms with Gasteiger partial charge < -0.3 is 10.4 Å². The quantitative estimate of drug-likeness (QED) is 0.754. The number of carbonyl (C=O) groups excluding carboxylic acids is 1. The maximum atomic E-state index is 12.0. The molecule has 1 saturated carbocycles. The van der Waals surface area contributed by atoms with E-state index >= 15 is 0 Å². The van der Waals surface area contributed by atoms with Gasteiger partial charge in [0.2, 0.25) is 5.91 Å². The number of nitrogens with zero attached hydrogens (tertiary/aromatic N) is 1. The molecule has 1 aliphatic rings. The number of nitrogens with one attached hydrogen (secondary N) is 2. The predicted molar refractivity (Wildman–Crippen MR) is 65.1 cm³/mol. The topological polar surface area (TPSA) is 95.1 Å². The van der Waals surface area contributed by atoms with Crippen molar-refractivity contribution in [2.45, 2.75) is 32.6 Å². The summed E-state index contributed by atoms with van der Waals surface area (Å²) < 4.78 is 0. The molecule has 1 aromatic rings. The Kier molecular flexibility index (Phi) is 3.64. The average Bonchev–Trinajstić information content (AvgIpc) is 2.96. The van der Waals surface area contributed by atoms with Crippen molar-refractivity contribution in [1.82, 2.24) is 10.2 Å². The highest BCUT2D eigenvalue weighted by Crippen LogP contribution is 2.32. The zero-order chi connectivity index (χ0) is 13.1. The number of hydrogen-bond acceptors (Lipinski definition) is 3. The van der Waals surface area contributed by atoms with Gasteiger partial charge in [-0.05, 0) is 19.3 Å². The number of aryl methyl sites for hydroxylation is 1. The van der Waals surface area contributed by atoms with Crippen LogP contribution >= 0.6 is 0 Å². The van der Waals surface area contributed by atoms with Crippen LogP contribution in [0.15, 0.2) is 6.07 Å². The fourth-order valence-electron chi connectivity index (χ4n) is 2.40. The summed E-state index contributed by atoms with van der Waals surface area (Å²) in [5.74, 6) is -1.66. The lowest BCUT2D eigenvalue weighted by Crippen LogP contribution is -2.30. The van der Waals surface area contributed by atoms with Crippen molar-refractivity contribution in [3.63, 3.8) is 0 Å². The van der Waals surface area contributed by atoms with E-state index in [-0.39, 0.29) is 5.91 Å². The summed E-state index contributed by atoms with van der Waals surface area (Å²) in [5.41, 5.74) is 0.937. The van der Waals surface area contributed by atoms with Gasteiger partial charge in [0.1, 0.15) is 0 Å². The number of amides is 1. The van der Waals surface area contributed by atoms with E-state index in [1.165, 1.54) is 0 Å². The Morgan fingerprint density at radius 2 is 2.22 bits per heavy atom. The van der Waals surface area contributed by atoms with E-state index in [9.17, 15) is 9.59 Å². The molecule has 1 amide bonds. The Bertz CT molecular complexity index is 455. The van der Waals surface area contributed by atoms with Crippen LogP contribution in [0.1, 0.15) is 31.9 Å². The minimum Gasteiger partial charge on any atom is -0.481 e. The number of rotatable bonds is 4. The highest BCUT2D eigenvalue weighted by Gasteiger charge is 2.37. The molecule has 6 heteroatoms. The lowest BCUT2D eigenvalue weighted by molar-refractivity contribution is -0.145. The lowest BCUT2D eigenvalue weighted by Gasteiger charge is -2.14. The van der Waals surface area contributed by atoms with E-state index in [0.29, 0.717) is 18.7 Å². The van der Waals surface area contributed by atoms with Crippen molar-refractivity contribution in [2.75, 3.05) is 5.32 Å². The standard InChI is InChI=1S/C12H17N3O3/c1-2-7-6-10(15-14-7)13-11(16)8-4-3-5-9(8)12(17)18/h6,8-9H,2-5H2,1H3,(H,17,18)(H2,13,14,15,16). The van der Waals surface area contributed by atoms with Crippen LogP contribution in [0.25, 0.3) is 0 Å². The summed E-state index contributed by atoms with van der Waals surface area (Å²) in [4.78, 5) is 23.0. The fraction of sp³-hybridized carbons (Fsp3) is 0.583. The first kappa shape index (κ1) is 12.6. The van der Waals surface area contributed by atoms with Crippen molar-refractivity contribution < 1.29 is 14.7 Å². The molecule has 6 nitrogen and oxygen atoms in total. The molecule has 1 aromatic heterocycles. The van der Waals surface area contributed by atoms with Gasteiger partial charge in [0.25, 0.3) is 0 Å². The molecule has 0 aromatic carbocycles. The number of aromatic nitrogens is 2. The van der Waals surface area contributed by atoms with Crippen LogP contribution in [-0.4, -0.2) is 27.2 Å². The Hall–Kier alpha value is -1.85. The van der Waals surface area contributed by atoms with Crippen LogP contribution < -0.4 is 5.32 Å². The van der Waals surface area contributed by atoms with Gasteiger partial charge in [-0.3, -0.25) is 14.7 Å². The zero-order valence-electron chi connectivity index (χ0n) is 10.3. The molecule has 3 N–H and O–H groups in total. The van der Waals surface area contributed by atoms with Crippen molar-refractivity contribution >= 4 is 17.7 Å². The molecule has 1 fully saturated rings. The van der Waals surface area contributed by atoms with Gasteiger partial charge in [0.05, 0.1) is 11.8 Å².